The van der Waals surface area contributed by atoms with Gasteiger partial charge in [-0.15, -0.1) is 0 Å². The van der Waals surface area contributed by atoms with Gasteiger partial charge in [0.15, 0.2) is 0 Å². The minimum absolute atomic E-state index is 0.332. The fraction of sp³-hybridized carbons (Fsp3) is 0.571. The van der Waals surface area contributed by atoms with E-state index in [0.717, 1.165) is 24.5 Å². The molecule has 18 heavy (non-hydrogen) atoms. The van der Waals surface area contributed by atoms with Crippen molar-refractivity contribution in [2.24, 2.45) is 0 Å². The Hall–Kier alpha value is -1.26. The molecule has 0 amide bonds. The summed E-state index contributed by atoms with van der Waals surface area (Å²) in [6.07, 6.45) is 1.03. The van der Waals surface area contributed by atoms with Crippen molar-refractivity contribution < 1.29 is 9.47 Å². The largest absolute Gasteiger partial charge is 0.497 e. The van der Waals surface area contributed by atoms with Gasteiger partial charge in [0.25, 0.3) is 0 Å². The fourth-order valence-electron chi connectivity index (χ4n) is 2.07. The van der Waals surface area contributed by atoms with Crippen molar-refractivity contribution in [2.45, 2.75) is 12.5 Å². The molecule has 1 rings (SSSR count). The Morgan fingerprint density at radius 1 is 1.22 bits per heavy atom. The lowest BCUT2D eigenvalue weighted by Gasteiger charge is -2.26. The summed E-state index contributed by atoms with van der Waals surface area (Å²) in [7, 11) is 9.51. The summed E-state index contributed by atoms with van der Waals surface area (Å²) in [5, 5.41) is 3.19. The van der Waals surface area contributed by atoms with Crippen LogP contribution in [0.15, 0.2) is 18.2 Å². The number of nitrogens with one attached hydrogen (secondary N) is 1. The Morgan fingerprint density at radius 2 is 1.94 bits per heavy atom. The predicted molar refractivity (Wildman–Crippen MR) is 74.5 cm³/mol. The van der Waals surface area contributed by atoms with Gasteiger partial charge in [0.2, 0.25) is 0 Å². The van der Waals surface area contributed by atoms with Crippen molar-refractivity contribution in [1.29, 1.82) is 0 Å². The highest BCUT2D eigenvalue weighted by Crippen LogP contribution is 2.33. The average molecular weight is 252 g/mol. The van der Waals surface area contributed by atoms with Crippen molar-refractivity contribution in [3.8, 4) is 11.5 Å². The molecule has 1 aromatic rings. The first-order valence-electron chi connectivity index (χ1n) is 6.17. The molecule has 4 heteroatoms. The van der Waals surface area contributed by atoms with Crippen LogP contribution in [0.4, 0.5) is 0 Å². The van der Waals surface area contributed by atoms with Crippen molar-refractivity contribution >= 4 is 0 Å². The zero-order valence-electron chi connectivity index (χ0n) is 12.0. The molecule has 0 aliphatic carbocycles. The Bertz CT molecular complexity index is 367. The van der Waals surface area contributed by atoms with E-state index in [2.05, 4.69) is 30.4 Å². The molecule has 0 radical (unpaired) electrons. The van der Waals surface area contributed by atoms with Crippen LogP contribution in [0.25, 0.3) is 0 Å². The first kappa shape index (κ1) is 14.8. The van der Waals surface area contributed by atoms with Gasteiger partial charge in [-0.25, -0.2) is 0 Å². The van der Waals surface area contributed by atoms with Crippen LogP contribution < -0.4 is 14.8 Å². The normalized spacial score (nSPS) is 12.6. The molecule has 0 bridgehead atoms. The molecule has 0 aromatic heterocycles. The average Bonchev–Trinajstić information content (AvgIpc) is 2.38. The third-order valence-corrected chi connectivity index (χ3v) is 3.09. The molecule has 0 saturated heterocycles. The number of rotatable bonds is 7. The van der Waals surface area contributed by atoms with Gasteiger partial charge in [0.1, 0.15) is 11.5 Å². The fourth-order valence-corrected chi connectivity index (χ4v) is 2.07. The van der Waals surface area contributed by atoms with Gasteiger partial charge in [0.05, 0.1) is 14.2 Å². The molecule has 0 aliphatic rings. The first-order chi connectivity index (χ1) is 8.63. The standard InChI is InChI=1S/C14H24N2O2/c1-15-9-8-13(16(2)3)12-7-6-11(17-4)10-14(12)18-5/h6-7,10,13,15H,8-9H2,1-5H3. The molecule has 0 heterocycles. The van der Waals surface area contributed by atoms with Crippen LogP contribution in [-0.4, -0.2) is 46.8 Å². The highest BCUT2D eigenvalue weighted by molar-refractivity contribution is 5.42. The second-order valence-corrected chi connectivity index (χ2v) is 4.48. The van der Waals surface area contributed by atoms with Gasteiger partial charge in [-0.2, -0.15) is 0 Å². The maximum Gasteiger partial charge on any atom is 0.127 e. The van der Waals surface area contributed by atoms with Gasteiger partial charge >= 0.3 is 0 Å². The number of ether oxygens (including phenoxy) is 2. The quantitative estimate of drug-likeness (QED) is 0.804. The number of hydrogen-bond donors (Lipinski definition) is 1. The van der Waals surface area contributed by atoms with Crippen molar-refractivity contribution in [3.63, 3.8) is 0 Å². The van der Waals surface area contributed by atoms with Crippen molar-refractivity contribution in [3.05, 3.63) is 23.8 Å². The molecule has 1 aromatic carbocycles. The lowest BCUT2D eigenvalue weighted by molar-refractivity contribution is 0.273. The second kappa shape index (κ2) is 7.24. The summed E-state index contributed by atoms with van der Waals surface area (Å²) in [6, 6.07) is 6.33. The van der Waals surface area contributed by atoms with E-state index in [4.69, 9.17) is 9.47 Å². The molecular formula is C14H24N2O2. The molecule has 0 fully saturated rings. The monoisotopic (exact) mass is 252 g/mol. The summed E-state index contributed by atoms with van der Waals surface area (Å²) >= 11 is 0. The van der Waals surface area contributed by atoms with Gasteiger partial charge < -0.3 is 19.7 Å². The molecular weight excluding hydrogens is 228 g/mol. The SMILES string of the molecule is CNCCC(c1ccc(OC)cc1OC)N(C)C. The van der Waals surface area contributed by atoms with Gasteiger partial charge in [-0.05, 0) is 40.2 Å². The first-order valence-corrected chi connectivity index (χ1v) is 6.17. The Labute approximate surface area is 110 Å². The van der Waals surface area contributed by atoms with Crippen molar-refractivity contribution in [1.82, 2.24) is 10.2 Å². The van der Waals surface area contributed by atoms with E-state index in [1.807, 2.05) is 19.2 Å². The Balaban J connectivity index is 3.02. The second-order valence-electron chi connectivity index (χ2n) is 4.48. The van der Waals surface area contributed by atoms with E-state index in [9.17, 15) is 0 Å². The lowest BCUT2D eigenvalue weighted by atomic mass is 10.0. The maximum atomic E-state index is 5.47. The molecule has 102 valence electrons. The maximum absolute atomic E-state index is 5.47. The van der Waals surface area contributed by atoms with E-state index in [-0.39, 0.29) is 0 Å². The molecule has 1 atom stereocenters. The number of methoxy groups -OCH3 is 2. The number of hydrogen-bond acceptors (Lipinski definition) is 4. The summed E-state index contributed by atoms with van der Waals surface area (Å²) < 4.78 is 10.7. The van der Waals surface area contributed by atoms with Gasteiger partial charge in [0, 0.05) is 17.7 Å². The van der Waals surface area contributed by atoms with Crippen LogP contribution in [0.1, 0.15) is 18.0 Å². The molecule has 0 saturated carbocycles. The molecule has 0 spiro atoms. The van der Waals surface area contributed by atoms with E-state index in [1.54, 1.807) is 14.2 Å². The zero-order valence-corrected chi connectivity index (χ0v) is 12.0. The van der Waals surface area contributed by atoms with Crippen molar-refractivity contribution in [2.75, 3.05) is 41.9 Å². The summed E-state index contributed by atoms with van der Waals surface area (Å²) in [4.78, 5) is 2.21. The van der Waals surface area contributed by atoms with Crippen LogP contribution in [0.2, 0.25) is 0 Å². The summed E-state index contributed by atoms with van der Waals surface area (Å²) in [5.74, 6) is 1.70. The van der Waals surface area contributed by atoms with E-state index in [1.165, 1.54) is 5.56 Å². The third-order valence-electron chi connectivity index (χ3n) is 3.09. The highest BCUT2D eigenvalue weighted by Gasteiger charge is 2.18. The van der Waals surface area contributed by atoms with Crippen LogP contribution in [0, 0.1) is 0 Å². The smallest absolute Gasteiger partial charge is 0.127 e. The van der Waals surface area contributed by atoms with Crippen LogP contribution in [0.3, 0.4) is 0 Å². The molecule has 4 nitrogen and oxygen atoms in total. The topological polar surface area (TPSA) is 33.7 Å². The molecule has 1 N–H and O–H groups in total. The van der Waals surface area contributed by atoms with Gasteiger partial charge in [-0.3, -0.25) is 0 Å². The molecule has 1 unspecified atom stereocenters. The highest BCUT2D eigenvalue weighted by atomic mass is 16.5. The summed E-state index contributed by atoms with van der Waals surface area (Å²) in [5.41, 5.74) is 1.19. The minimum atomic E-state index is 0.332. The Kier molecular flexibility index (Phi) is 5.95. The minimum Gasteiger partial charge on any atom is -0.497 e. The zero-order chi connectivity index (χ0) is 13.5. The van der Waals surface area contributed by atoms with Crippen LogP contribution in [-0.2, 0) is 0 Å². The third kappa shape index (κ3) is 3.62. The lowest BCUT2D eigenvalue weighted by Crippen LogP contribution is -2.24. The van der Waals surface area contributed by atoms with Crippen LogP contribution >= 0.6 is 0 Å². The van der Waals surface area contributed by atoms with E-state index in [0.29, 0.717) is 6.04 Å². The van der Waals surface area contributed by atoms with Gasteiger partial charge in [-0.1, -0.05) is 6.07 Å². The van der Waals surface area contributed by atoms with Crippen LogP contribution in [0.5, 0.6) is 11.5 Å². The molecule has 0 aliphatic heterocycles. The number of nitrogens with zero attached hydrogens (tertiary/aromatic N) is 1. The predicted octanol–water partition coefficient (Wildman–Crippen LogP) is 1.92. The number of benzene rings is 1. The Morgan fingerprint density at radius 3 is 2.44 bits per heavy atom. The van der Waals surface area contributed by atoms with E-state index < -0.39 is 0 Å². The summed E-state index contributed by atoms with van der Waals surface area (Å²) in [6.45, 7) is 0.970. The van der Waals surface area contributed by atoms with E-state index >= 15 is 0 Å².